The van der Waals surface area contributed by atoms with Gasteiger partial charge in [-0.2, -0.15) is 0 Å². The number of aromatic nitrogens is 1. The molecule has 0 aliphatic carbocycles. The second-order valence-electron chi connectivity index (χ2n) is 28.9. The van der Waals surface area contributed by atoms with Crippen molar-refractivity contribution in [3.8, 4) is 34.8 Å². The molecule has 30 heteroatoms. The first kappa shape index (κ1) is 83.1. The van der Waals surface area contributed by atoms with Crippen LogP contribution in [0, 0.1) is 11.8 Å². The van der Waals surface area contributed by atoms with Gasteiger partial charge in [-0.3, -0.25) is 14.4 Å². The number of hydrogen-bond donors (Lipinski definition) is 2. The summed E-state index contributed by atoms with van der Waals surface area (Å²) >= 11 is 0. The van der Waals surface area contributed by atoms with E-state index in [0.29, 0.717) is 102 Å². The number of carbonyl (C=O) groups is 6. The van der Waals surface area contributed by atoms with Crippen LogP contribution in [0.2, 0.25) is 0 Å². The molecule has 6 amide bonds. The molecule has 0 radical (unpaired) electrons. The third-order valence-corrected chi connectivity index (χ3v) is 20.6. The lowest BCUT2D eigenvalue weighted by atomic mass is 10.1. The molecule has 6 aliphatic heterocycles. The van der Waals surface area contributed by atoms with Gasteiger partial charge in [0.05, 0.1) is 108 Å². The zero-order chi connectivity index (χ0) is 77.6. The summed E-state index contributed by atoms with van der Waals surface area (Å²) in [5, 5.41) is 6.49. The number of fused-ring (bicyclic) bond motifs is 4. The summed E-state index contributed by atoms with van der Waals surface area (Å²) in [5.74, 6) is 6.00. The van der Waals surface area contributed by atoms with Gasteiger partial charge in [-0.15, -0.1) is 0 Å². The number of benzene rings is 3. The van der Waals surface area contributed by atoms with Crippen LogP contribution in [-0.2, 0) is 70.1 Å². The second kappa shape index (κ2) is 40.0. The van der Waals surface area contributed by atoms with E-state index in [0.717, 1.165) is 41.9 Å². The Morgan fingerprint density at radius 3 is 1.61 bits per heavy atom. The molecule has 109 heavy (non-hydrogen) atoms. The number of alkyl carbamates (subject to hydrolysis) is 1. The lowest BCUT2D eigenvalue weighted by Gasteiger charge is -2.39. The Morgan fingerprint density at radius 1 is 0.642 bits per heavy atom. The molecule has 3 aromatic carbocycles. The van der Waals surface area contributed by atoms with Crippen LogP contribution in [-0.4, -0.2) is 217 Å². The van der Waals surface area contributed by atoms with Gasteiger partial charge in [0, 0.05) is 68.4 Å². The fourth-order valence-corrected chi connectivity index (χ4v) is 14.7. The van der Waals surface area contributed by atoms with Crippen molar-refractivity contribution in [3.05, 3.63) is 119 Å². The van der Waals surface area contributed by atoms with Crippen molar-refractivity contribution in [2.45, 2.75) is 178 Å². The highest BCUT2D eigenvalue weighted by molar-refractivity contribution is 8.76. The number of anilines is 2. The smallest absolute Gasteiger partial charge is 0.417 e. The summed E-state index contributed by atoms with van der Waals surface area (Å²) in [5.41, 5.74) is 2.06. The first-order chi connectivity index (χ1) is 52.4. The predicted molar refractivity (Wildman–Crippen MR) is 407 cm³/mol. The van der Waals surface area contributed by atoms with E-state index in [9.17, 15) is 28.8 Å². The third-order valence-electron chi connectivity index (χ3n) is 17.8. The molecule has 4 saturated heterocycles. The summed E-state index contributed by atoms with van der Waals surface area (Å²) in [6.45, 7) is 25.1. The average molecular weight is 1550 g/mol. The highest BCUT2D eigenvalue weighted by atomic mass is 33.1. The third kappa shape index (κ3) is 24.1. The molecule has 2 unspecified atom stereocenters. The normalized spacial score (nSPS) is 20.1. The Kier molecular flexibility index (Phi) is 30.5. The van der Waals surface area contributed by atoms with Gasteiger partial charge in [0.15, 0.2) is 48.0 Å². The van der Waals surface area contributed by atoms with Gasteiger partial charge in [0.25, 0.3) is 11.8 Å². The number of pyridine rings is 1. The number of ether oxygens (including phenoxy) is 15. The highest BCUT2D eigenvalue weighted by Gasteiger charge is 2.51. The molecule has 4 fully saturated rings. The number of amides is 6. The minimum Gasteiger partial charge on any atom is -0.493 e. The molecule has 1 aromatic heterocycles. The molecule has 2 N–H and O–H groups in total. The maximum absolute atomic E-state index is 14.9. The Hall–Kier alpha value is -8.35. The van der Waals surface area contributed by atoms with Gasteiger partial charge >= 0.3 is 18.3 Å². The van der Waals surface area contributed by atoms with E-state index in [1.165, 1.54) is 34.8 Å². The monoisotopic (exact) mass is 1550 g/mol. The van der Waals surface area contributed by atoms with Gasteiger partial charge in [0.1, 0.15) is 36.0 Å². The van der Waals surface area contributed by atoms with Gasteiger partial charge in [0.2, 0.25) is 5.91 Å². The van der Waals surface area contributed by atoms with E-state index < -0.39 is 66.6 Å². The molecular formula is C79H103N7O21S2. The summed E-state index contributed by atoms with van der Waals surface area (Å²) in [6.07, 6.45) is 1.67. The topological polar surface area (TPSA) is 291 Å². The second-order valence-corrected chi connectivity index (χ2v) is 31.5. The molecule has 0 saturated carbocycles. The molecule has 7 atom stereocenters. The van der Waals surface area contributed by atoms with Gasteiger partial charge < -0.3 is 91.5 Å². The zero-order valence-electron chi connectivity index (χ0n) is 63.8. The van der Waals surface area contributed by atoms with Gasteiger partial charge in [-0.25, -0.2) is 29.2 Å². The summed E-state index contributed by atoms with van der Waals surface area (Å²) in [4.78, 5) is 94.8. The van der Waals surface area contributed by atoms with Crippen molar-refractivity contribution < 1.29 is 99.8 Å². The Morgan fingerprint density at radius 2 is 1.15 bits per heavy atom. The molecule has 10 rings (SSSR count). The van der Waals surface area contributed by atoms with E-state index in [4.69, 9.17) is 71.1 Å². The molecule has 4 aromatic rings. The first-order valence-corrected chi connectivity index (χ1v) is 39.2. The maximum Gasteiger partial charge on any atom is 0.417 e. The standard InChI is InChI=1S/C79H103N7O21S2/c1-51-37-61-73(104-69-21-13-16-27-99-69)85(76(91)106-78(4,5)6)59-44-65(63(93-10)42-57(59)71(88)83(61)46-51)101-49-55-39-54(19-18-25-80-67(87)23-29-95-31-33-97-35-36-98-34-32-96-30-26-82-75(90)103-48-53(3)108-109-68-20-12-15-24-81-68)40-56(41-55)50-102-66-45-60-58(43-64(66)94-11)72(89)84-47-52(2)38-62(84)74(105-70-22-14-17-28-100-70)86(60)77(92)107-79(7,8)9/h12,15,20,24,39-45,53,61-62,69-70,73-74H,1-2,13-14,16-17,21-23,25-38,46-50H2,3-11H3,(H,80,87)(H,82,90)/t53-,61+,62+,69?,70?,73+,74+/m1/s1. The van der Waals surface area contributed by atoms with Gasteiger partial charge in [-0.1, -0.05) is 53.0 Å². The van der Waals surface area contributed by atoms with Crippen LogP contribution in [0.25, 0.3) is 0 Å². The predicted octanol–water partition coefficient (Wildman–Crippen LogP) is 11.5. The number of carbonyl (C=O) groups excluding carboxylic acids is 6. The van der Waals surface area contributed by atoms with Crippen molar-refractivity contribution in [1.82, 2.24) is 25.4 Å². The lowest BCUT2D eigenvalue weighted by Crippen LogP contribution is -2.54. The number of rotatable bonds is 33. The van der Waals surface area contributed by atoms with Crippen LogP contribution in [0.15, 0.2) is 96.2 Å². The fourth-order valence-electron chi connectivity index (χ4n) is 12.9. The molecular weight excluding hydrogens is 1450 g/mol. The van der Waals surface area contributed by atoms with Crippen LogP contribution in [0.3, 0.4) is 0 Å². The Bertz CT molecular complexity index is 3690. The minimum absolute atomic E-state index is 0.00961. The molecule has 0 bridgehead atoms. The van der Waals surface area contributed by atoms with E-state index in [1.54, 1.807) is 92.6 Å². The first-order valence-electron chi connectivity index (χ1n) is 37.0. The summed E-state index contributed by atoms with van der Waals surface area (Å²) in [7, 11) is 6.02. The zero-order valence-corrected chi connectivity index (χ0v) is 65.5. The van der Waals surface area contributed by atoms with Crippen LogP contribution in [0.5, 0.6) is 23.0 Å². The number of nitrogens with one attached hydrogen (secondary N) is 2. The largest absolute Gasteiger partial charge is 0.493 e. The SMILES string of the molecule is C=C1C[C@H]2[C@H](OC3CCCCO3)N(C(=O)OC(C)(C)C)c3cc(OCc4cc(C#CCNC(=O)CCOCCOCCOCCOCCNC(=O)OC[C@@H](C)SSc5ccccn5)cc(COc5cc6c(cc5OC)C(=O)N5CC(=C)C[C@H]5[C@H](OC5CCCCO5)N6C(=O)OC(C)(C)C)c4)c(OC)cc3C(=O)N2C1. The number of nitrogens with zero attached hydrogens (tertiary/aromatic N) is 5. The summed E-state index contributed by atoms with van der Waals surface area (Å²) in [6, 6.07) is 16.2. The molecule has 0 spiro atoms. The Labute approximate surface area is 645 Å². The van der Waals surface area contributed by atoms with Crippen molar-refractivity contribution in [3.63, 3.8) is 0 Å². The minimum atomic E-state index is -1.05. The Balaban J connectivity index is 0.808. The maximum atomic E-state index is 14.9. The molecule has 592 valence electrons. The highest BCUT2D eigenvalue weighted by Crippen LogP contribution is 2.47. The van der Waals surface area contributed by atoms with E-state index >= 15 is 0 Å². The quantitative estimate of drug-likeness (QED) is 0.0147. The van der Waals surface area contributed by atoms with Crippen molar-refractivity contribution in [2.24, 2.45) is 0 Å². The van der Waals surface area contributed by atoms with Crippen LogP contribution >= 0.6 is 21.6 Å². The van der Waals surface area contributed by atoms with Crippen molar-refractivity contribution in [1.29, 1.82) is 0 Å². The average Bonchev–Trinajstić information content (AvgIpc) is 1.62. The van der Waals surface area contributed by atoms with E-state index in [1.807, 2.05) is 43.3 Å². The molecule has 6 aliphatic rings. The molecule has 28 nitrogen and oxygen atoms in total. The fraction of sp³-hybridized carbons (Fsp3) is 0.557. The number of hydrogen-bond acceptors (Lipinski definition) is 24. The lowest BCUT2D eigenvalue weighted by molar-refractivity contribution is -0.196. The summed E-state index contributed by atoms with van der Waals surface area (Å²) < 4.78 is 90.9. The van der Waals surface area contributed by atoms with Gasteiger partial charge in [-0.05, 0) is 164 Å². The van der Waals surface area contributed by atoms with Crippen molar-refractivity contribution >= 4 is 69.0 Å². The van der Waals surface area contributed by atoms with E-state index in [-0.39, 0.29) is 128 Å². The molecule has 7 heterocycles. The van der Waals surface area contributed by atoms with Crippen molar-refractivity contribution in [2.75, 3.05) is 123 Å². The van der Waals surface area contributed by atoms with Crippen LogP contribution in [0.4, 0.5) is 25.8 Å². The van der Waals surface area contributed by atoms with E-state index in [2.05, 4.69) is 40.6 Å². The number of methoxy groups -OCH3 is 2. The van der Waals surface area contributed by atoms with Crippen LogP contribution in [0.1, 0.15) is 144 Å². The van der Waals surface area contributed by atoms with Crippen LogP contribution < -0.4 is 39.4 Å².